The van der Waals surface area contributed by atoms with Crippen molar-refractivity contribution in [1.29, 1.82) is 0 Å². The monoisotopic (exact) mass is 334 g/mol. The average molecular weight is 334 g/mol. The molecular formula is C16H18N2O4S. The van der Waals surface area contributed by atoms with E-state index in [0.717, 1.165) is 0 Å². The summed E-state index contributed by atoms with van der Waals surface area (Å²) in [5, 5.41) is 2.63. The van der Waals surface area contributed by atoms with Gasteiger partial charge >= 0.3 is 10.1 Å². The number of rotatable bonds is 7. The van der Waals surface area contributed by atoms with Crippen LogP contribution in [0.3, 0.4) is 0 Å². The molecule has 0 aliphatic heterocycles. The van der Waals surface area contributed by atoms with Gasteiger partial charge in [-0.3, -0.25) is 4.79 Å². The van der Waals surface area contributed by atoms with Crippen LogP contribution in [0.25, 0.3) is 0 Å². The minimum Gasteiger partial charge on any atom is -0.382 e. The minimum absolute atomic E-state index is 0.0339. The minimum atomic E-state index is -3.80. The first kappa shape index (κ1) is 17.0. The van der Waals surface area contributed by atoms with Gasteiger partial charge in [0.1, 0.15) is 5.75 Å². The molecule has 6 nitrogen and oxygen atoms in total. The summed E-state index contributed by atoms with van der Waals surface area (Å²) >= 11 is 0. The van der Waals surface area contributed by atoms with E-state index in [4.69, 9.17) is 9.92 Å². The van der Waals surface area contributed by atoms with Gasteiger partial charge in [-0.2, -0.15) is 8.42 Å². The van der Waals surface area contributed by atoms with Crippen LogP contribution in [0.1, 0.15) is 6.42 Å². The van der Waals surface area contributed by atoms with Crippen LogP contribution in [0.4, 0.5) is 5.69 Å². The Balaban J connectivity index is 1.85. The van der Waals surface area contributed by atoms with Crippen molar-refractivity contribution >= 4 is 21.7 Å². The molecule has 2 aromatic rings. The Labute approximate surface area is 135 Å². The third kappa shape index (κ3) is 5.72. The molecule has 0 radical (unpaired) electrons. The topological polar surface area (TPSA) is 98.5 Å². The quantitative estimate of drug-likeness (QED) is 0.752. The number of amides is 1. The lowest BCUT2D eigenvalue weighted by atomic mass is 10.2. The first-order chi connectivity index (χ1) is 11.0. The zero-order valence-corrected chi connectivity index (χ0v) is 13.2. The molecule has 0 saturated carbocycles. The molecule has 0 aliphatic rings. The van der Waals surface area contributed by atoms with Crippen molar-refractivity contribution in [2.24, 2.45) is 5.73 Å². The van der Waals surface area contributed by atoms with E-state index in [0.29, 0.717) is 5.69 Å². The third-order valence-corrected chi connectivity index (χ3v) is 4.21. The van der Waals surface area contributed by atoms with Crippen molar-refractivity contribution in [2.75, 3.05) is 11.1 Å². The number of carbonyl (C=O) groups is 1. The van der Waals surface area contributed by atoms with Gasteiger partial charge in [-0.1, -0.05) is 36.4 Å². The Morgan fingerprint density at radius 3 is 2.22 bits per heavy atom. The van der Waals surface area contributed by atoms with Crippen molar-refractivity contribution < 1.29 is 17.4 Å². The lowest BCUT2D eigenvalue weighted by molar-refractivity contribution is -0.117. The number of carbonyl (C=O) groups excluding carboxylic acids is 1. The van der Waals surface area contributed by atoms with E-state index in [2.05, 4.69) is 5.32 Å². The largest absolute Gasteiger partial charge is 0.382 e. The van der Waals surface area contributed by atoms with Gasteiger partial charge in [-0.25, -0.2) is 0 Å². The third-order valence-electron chi connectivity index (χ3n) is 3.02. The normalized spacial score (nSPS) is 12.4. The number of nitrogens with two attached hydrogens (primary N) is 1. The van der Waals surface area contributed by atoms with Gasteiger partial charge in [-0.15, -0.1) is 0 Å². The highest BCUT2D eigenvalue weighted by Gasteiger charge is 2.19. The fourth-order valence-corrected chi connectivity index (χ4v) is 2.85. The van der Waals surface area contributed by atoms with Gasteiger partial charge in [-0.05, 0) is 30.7 Å². The smallest absolute Gasteiger partial charge is 0.309 e. The predicted octanol–water partition coefficient (Wildman–Crippen LogP) is 1.75. The summed E-state index contributed by atoms with van der Waals surface area (Å²) in [5.74, 6) is -0.549. The Morgan fingerprint density at radius 2 is 1.61 bits per heavy atom. The van der Waals surface area contributed by atoms with E-state index in [-0.39, 0.29) is 17.9 Å². The van der Waals surface area contributed by atoms with Crippen molar-refractivity contribution in [3.05, 3.63) is 60.7 Å². The molecule has 1 atom stereocenters. The number of hydrogen-bond donors (Lipinski definition) is 2. The molecule has 0 heterocycles. The fraction of sp³-hybridized carbons (Fsp3) is 0.188. The second-order valence-electron chi connectivity index (χ2n) is 4.91. The highest BCUT2D eigenvalue weighted by atomic mass is 32.2. The van der Waals surface area contributed by atoms with Crippen LogP contribution in [0.5, 0.6) is 5.75 Å². The summed E-state index contributed by atoms with van der Waals surface area (Å²) in [6, 6.07) is 16.1. The van der Waals surface area contributed by atoms with E-state index in [1.165, 1.54) is 0 Å². The molecule has 3 N–H and O–H groups in total. The molecule has 2 aromatic carbocycles. The summed E-state index contributed by atoms with van der Waals surface area (Å²) in [5.41, 5.74) is 6.34. The second kappa shape index (κ2) is 7.75. The van der Waals surface area contributed by atoms with Crippen LogP contribution in [0.2, 0.25) is 0 Å². The molecule has 2 rings (SSSR count). The Kier molecular flexibility index (Phi) is 5.72. The fourth-order valence-electron chi connectivity index (χ4n) is 1.82. The maximum atomic E-state index is 11.9. The SMILES string of the molecule is NC(CCS(=O)(=O)Oc1ccccc1)C(=O)Nc1ccccc1. The van der Waals surface area contributed by atoms with Gasteiger partial charge in [0, 0.05) is 5.69 Å². The van der Waals surface area contributed by atoms with E-state index >= 15 is 0 Å². The lowest BCUT2D eigenvalue weighted by Gasteiger charge is -2.12. The van der Waals surface area contributed by atoms with Crippen molar-refractivity contribution in [3.63, 3.8) is 0 Å². The van der Waals surface area contributed by atoms with Crippen LogP contribution < -0.4 is 15.2 Å². The molecule has 1 unspecified atom stereocenters. The number of benzene rings is 2. The lowest BCUT2D eigenvalue weighted by Crippen LogP contribution is -2.37. The van der Waals surface area contributed by atoms with Crippen LogP contribution in [-0.2, 0) is 14.9 Å². The van der Waals surface area contributed by atoms with E-state index in [9.17, 15) is 13.2 Å². The number of hydrogen-bond acceptors (Lipinski definition) is 5. The molecule has 7 heteroatoms. The molecule has 0 bridgehead atoms. The first-order valence-electron chi connectivity index (χ1n) is 7.05. The van der Waals surface area contributed by atoms with Crippen molar-refractivity contribution in [3.8, 4) is 5.75 Å². The number of nitrogens with one attached hydrogen (secondary N) is 1. The molecule has 23 heavy (non-hydrogen) atoms. The zero-order valence-electron chi connectivity index (χ0n) is 12.4. The number of anilines is 1. The Bertz CT molecular complexity index is 733. The molecule has 0 saturated heterocycles. The molecule has 0 aliphatic carbocycles. The van der Waals surface area contributed by atoms with Gasteiger partial charge in [0.25, 0.3) is 0 Å². The molecule has 0 aromatic heterocycles. The molecule has 122 valence electrons. The first-order valence-corrected chi connectivity index (χ1v) is 8.63. The van der Waals surface area contributed by atoms with E-state index in [1.807, 2.05) is 6.07 Å². The summed E-state index contributed by atoms with van der Waals surface area (Å²) in [7, 11) is -3.80. The van der Waals surface area contributed by atoms with Crippen molar-refractivity contribution in [1.82, 2.24) is 0 Å². The standard InChI is InChI=1S/C16H18N2O4S/c17-15(16(19)18-13-7-3-1-4-8-13)11-12-23(20,21)22-14-9-5-2-6-10-14/h1-10,15H,11-12,17H2,(H,18,19). The van der Waals surface area contributed by atoms with E-state index < -0.39 is 22.1 Å². The molecular weight excluding hydrogens is 316 g/mol. The second-order valence-corrected chi connectivity index (χ2v) is 6.60. The predicted molar refractivity (Wildman–Crippen MR) is 88.5 cm³/mol. The van der Waals surface area contributed by atoms with Gasteiger partial charge in [0.15, 0.2) is 0 Å². The van der Waals surface area contributed by atoms with Crippen LogP contribution in [0.15, 0.2) is 60.7 Å². The maximum absolute atomic E-state index is 11.9. The highest BCUT2D eigenvalue weighted by Crippen LogP contribution is 2.13. The summed E-state index contributed by atoms with van der Waals surface area (Å²) in [6.45, 7) is 0. The zero-order chi connectivity index (χ0) is 16.7. The summed E-state index contributed by atoms with van der Waals surface area (Å²) in [4.78, 5) is 11.9. The van der Waals surface area contributed by atoms with Crippen LogP contribution >= 0.6 is 0 Å². The summed E-state index contributed by atoms with van der Waals surface area (Å²) < 4.78 is 28.7. The highest BCUT2D eigenvalue weighted by molar-refractivity contribution is 7.87. The molecule has 0 spiro atoms. The average Bonchev–Trinajstić information content (AvgIpc) is 2.54. The van der Waals surface area contributed by atoms with Crippen LogP contribution in [-0.4, -0.2) is 26.1 Å². The van der Waals surface area contributed by atoms with Crippen LogP contribution in [0, 0.1) is 0 Å². The Morgan fingerprint density at radius 1 is 1.04 bits per heavy atom. The van der Waals surface area contributed by atoms with Gasteiger partial charge < -0.3 is 15.2 Å². The molecule has 0 fully saturated rings. The van der Waals surface area contributed by atoms with Gasteiger partial charge in [0.05, 0.1) is 11.8 Å². The van der Waals surface area contributed by atoms with Gasteiger partial charge in [0.2, 0.25) is 5.91 Å². The molecule has 1 amide bonds. The summed E-state index contributed by atoms with van der Waals surface area (Å²) in [6.07, 6.45) is -0.0339. The maximum Gasteiger partial charge on any atom is 0.309 e. The Hall–Kier alpha value is -2.38. The van der Waals surface area contributed by atoms with Crippen molar-refractivity contribution in [2.45, 2.75) is 12.5 Å². The van der Waals surface area contributed by atoms with E-state index in [1.54, 1.807) is 54.6 Å². The number of para-hydroxylation sites is 2.